The summed E-state index contributed by atoms with van der Waals surface area (Å²) in [6.45, 7) is 4.41. The van der Waals surface area contributed by atoms with Crippen molar-refractivity contribution in [3.8, 4) is 33.5 Å². The second-order valence-corrected chi connectivity index (χ2v) is 14.2. The van der Waals surface area contributed by atoms with Crippen molar-refractivity contribution >= 4 is 34.9 Å². The second-order valence-electron chi connectivity index (χ2n) is 13.8. The zero-order chi connectivity index (χ0) is 36.4. The molecule has 3 aromatic heterocycles. The first-order chi connectivity index (χ1) is 25.2. The number of nitrogens with zero attached hydrogens (tertiary/aromatic N) is 4. The van der Waals surface area contributed by atoms with Crippen LogP contribution in [-0.4, -0.2) is 65.5 Å². The predicted octanol–water partition coefficient (Wildman–Crippen LogP) is 4.85. The van der Waals surface area contributed by atoms with Crippen molar-refractivity contribution < 1.29 is 9.59 Å². The Hall–Kier alpha value is -5.10. The summed E-state index contributed by atoms with van der Waals surface area (Å²) in [5.74, 6) is 1.04. The van der Waals surface area contributed by atoms with Gasteiger partial charge in [-0.15, -0.1) is 0 Å². The van der Waals surface area contributed by atoms with Gasteiger partial charge in [0.1, 0.15) is 11.5 Å². The minimum Gasteiger partial charge on any atom is -0.362 e. The van der Waals surface area contributed by atoms with Gasteiger partial charge in [-0.2, -0.15) is 0 Å². The molecule has 2 fully saturated rings. The number of hydrogen-bond acceptors (Lipinski definition) is 8. The lowest BCUT2D eigenvalue weighted by Gasteiger charge is -2.20. The van der Waals surface area contributed by atoms with Gasteiger partial charge in [0.25, 0.3) is 5.56 Å². The highest BCUT2D eigenvalue weighted by atomic mass is 35.5. The summed E-state index contributed by atoms with van der Waals surface area (Å²) in [6, 6.07) is 20.4. The first-order valence-corrected chi connectivity index (χ1v) is 18.1. The van der Waals surface area contributed by atoms with Crippen molar-refractivity contribution in [2.45, 2.75) is 57.8 Å². The van der Waals surface area contributed by atoms with Gasteiger partial charge in [0, 0.05) is 99.8 Å². The first kappa shape index (κ1) is 35.3. The van der Waals surface area contributed by atoms with Gasteiger partial charge in [-0.3, -0.25) is 18.8 Å². The standard InChI is InChI=1S/C40H43ClN8O3/c1-24-30(25-16-17-49-35(18-25)44-21-27(40(49)52)20-43-23-29-12-15-37(51)46-29)6-4-7-31(24)32-8-5-9-33(38(32)41)34-13-10-26(39(47-34)48(2)3)19-42-22-28-11-14-36(50)45-28/h4-10,13,16-18,21,28-29,42-43H,11-12,14-15,19-20,22-23H2,1-3H3,(H,45,50)(H,46,51)/t28-,29+/m1/s1. The molecule has 5 heterocycles. The van der Waals surface area contributed by atoms with Crippen LogP contribution < -0.4 is 31.7 Å². The third-order valence-corrected chi connectivity index (χ3v) is 10.4. The second kappa shape index (κ2) is 15.2. The van der Waals surface area contributed by atoms with Crippen molar-refractivity contribution in [1.82, 2.24) is 35.6 Å². The highest BCUT2D eigenvalue weighted by Gasteiger charge is 2.22. The molecule has 2 aliphatic heterocycles. The van der Waals surface area contributed by atoms with Crippen LogP contribution in [0.1, 0.15) is 42.4 Å². The Morgan fingerprint density at radius 1 is 0.827 bits per heavy atom. The van der Waals surface area contributed by atoms with E-state index < -0.39 is 0 Å². The van der Waals surface area contributed by atoms with Crippen LogP contribution in [0.3, 0.4) is 0 Å². The van der Waals surface area contributed by atoms with E-state index in [4.69, 9.17) is 16.6 Å². The summed E-state index contributed by atoms with van der Waals surface area (Å²) < 4.78 is 1.57. The SMILES string of the molecule is Cc1c(-c2ccn3c(=O)c(CNC[C@@H]4CCC(=O)N4)cnc3c2)cccc1-c1cccc(-c2ccc(CNC[C@H]3CCC(=O)N3)c(N(C)C)n2)c1Cl. The Kier molecular flexibility index (Phi) is 10.4. The Balaban J connectivity index is 1.11. The maximum Gasteiger partial charge on any atom is 0.262 e. The number of carbonyl (C=O) groups is 2. The number of pyridine rings is 2. The molecule has 11 nitrogen and oxygen atoms in total. The van der Waals surface area contributed by atoms with Gasteiger partial charge in [0.2, 0.25) is 11.8 Å². The number of halogens is 1. The van der Waals surface area contributed by atoms with Crippen LogP contribution in [-0.2, 0) is 22.7 Å². The van der Waals surface area contributed by atoms with Crippen LogP contribution in [0.15, 0.2) is 77.9 Å². The lowest BCUT2D eigenvalue weighted by atomic mass is 9.92. The van der Waals surface area contributed by atoms with Gasteiger partial charge in [-0.1, -0.05) is 54.1 Å². The van der Waals surface area contributed by atoms with Crippen molar-refractivity contribution in [2.75, 3.05) is 32.1 Å². The van der Waals surface area contributed by atoms with E-state index in [2.05, 4.69) is 51.4 Å². The van der Waals surface area contributed by atoms with Gasteiger partial charge >= 0.3 is 0 Å². The first-order valence-electron chi connectivity index (χ1n) is 17.7. The van der Waals surface area contributed by atoms with Crippen LogP contribution in [0.5, 0.6) is 0 Å². The fraction of sp³-hybridized carbons (Fsp3) is 0.325. The molecule has 4 N–H and O–H groups in total. The number of benzene rings is 2. The summed E-state index contributed by atoms with van der Waals surface area (Å²) >= 11 is 7.21. The summed E-state index contributed by atoms with van der Waals surface area (Å²) in [5.41, 5.74) is 8.60. The quantitative estimate of drug-likeness (QED) is 0.144. The fourth-order valence-corrected chi connectivity index (χ4v) is 7.48. The molecule has 2 aromatic carbocycles. The molecule has 2 amide bonds. The minimum atomic E-state index is -0.122. The van der Waals surface area contributed by atoms with E-state index in [1.54, 1.807) is 16.8 Å². The number of nitrogens with one attached hydrogen (secondary N) is 4. The van der Waals surface area contributed by atoms with E-state index in [0.29, 0.717) is 55.3 Å². The number of rotatable bonds is 12. The molecular formula is C40H43ClN8O3. The van der Waals surface area contributed by atoms with E-state index in [9.17, 15) is 14.4 Å². The van der Waals surface area contributed by atoms with Crippen LogP contribution in [0.25, 0.3) is 39.2 Å². The zero-order valence-electron chi connectivity index (χ0n) is 29.6. The van der Waals surface area contributed by atoms with Crippen molar-refractivity contribution in [1.29, 1.82) is 0 Å². The summed E-state index contributed by atoms with van der Waals surface area (Å²) in [7, 11) is 3.96. The number of amides is 2. The van der Waals surface area contributed by atoms with Crippen LogP contribution in [0.4, 0.5) is 5.82 Å². The third-order valence-electron chi connectivity index (χ3n) is 9.95. The van der Waals surface area contributed by atoms with E-state index in [1.807, 2.05) is 61.5 Å². The predicted molar refractivity (Wildman–Crippen MR) is 205 cm³/mol. The van der Waals surface area contributed by atoms with Crippen LogP contribution in [0.2, 0.25) is 5.02 Å². The molecule has 0 aliphatic carbocycles. The Morgan fingerprint density at radius 2 is 1.46 bits per heavy atom. The van der Waals surface area contributed by atoms with Crippen LogP contribution in [0, 0.1) is 6.92 Å². The maximum absolute atomic E-state index is 13.3. The molecule has 5 aromatic rings. The summed E-state index contributed by atoms with van der Waals surface area (Å²) in [6.07, 6.45) is 6.19. The minimum absolute atomic E-state index is 0.0726. The molecule has 2 saturated heterocycles. The molecule has 2 aliphatic rings. The Morgan fingerprint density at radius 3 is 2.12 bits per heavy atom. The van der Waals surface area contributed by atoms with E-state index in [0.717, 1.165) is 63.3 Å². The van der Waals surface area contributed by atoms with E-state index >= 15 is 0 Å². The van der Waals surface area contributed by atoms with E-state index in [-0.39, 0.29) is 29.5 Å². The number of carbonyl (C=O) groups excluding carboxylic acids is 2. The molecule has 0 saturated carbocycles. The maximum atomic E-state index is 13.3. The van der Waals surface area contributed by atoms with Gasteiger partial charge in [-0.05, 0) is 60.2 Å². The van der Waals surface area contributed by atoms with Gasteiger partial charge < -0.3 is 26.2 Å². The topological polar surface area (TPSA) is 133 Å². The average molecular weight is 719 g/mol. The number of fused-ring (bicyclic) bond motifs is 1. The van der Waals surface area contributed by atoms with Gasteiger partial charge in [-0.25, -0.2) is 9.97 Å². The van der Waals surface area contributed by atoms with Crippen molar-refractivity contribution in [3.05, 3.63) is 105 Å². The molecule has 0 bridgehead atoms. The average Bonchev–Trinajstić information content (AvgIpc) is 3.76. The van der Waals surface area contributed by atoms with E-state index in [1.165, 1.54) is 0 Å². The molecule has 268 valence electrons. The number of anilines is 1. The normalized spacial score (nSPS) is 17.1. The largest absolute Gasteiger partial charge is 0.362 e. The lowest BCUT2D eigenvalue weighted by Crippen LogP contribution is -2.36. The highest BCUT2D eigenvalue weighted by Crippen LogP contribution is 2.40. The summed E-state index contributed by atoms with van der Waals surface area (Å²) in [4.78, 5) is 48.0. The molecule has 52 heavy (non-hydrogen) atoms. The van der Waals surface area contributed by atoms with Crippen molar-refractivity contribution in [2.24, 2.45) is 0 Å². The number of hydrogen-bond donors (Lipinski definition) is 4. The third kappa shape index (κ3) is 7.43. The molecule has 2 atom stereocenters. The smallest absolute Gasteiger partial charge is 0.262 e. The highest BCUT2D eigenvalue weighted by molar-refractivity contribution is 6.36. The molecule has 0 spiro atoms. The zero-order valence-corrected chi connectivity index (χ0v) is 30.4. The molecular weight excluding hydrogens is 676 g/mol. The Bertz CT molecular complexity index is 2220. The summed E-state index contributed by atoms with van der Waals surface area (Å²) in [5, 5.41) is 13.3. The fourth-order valence-electron chi connectivity index (χ4n) is 7.16. The van der Waals surface area contributed by atoms with Crippen LogP contribution >= 0.6 is 11.6 Å². The number of aromatic nitrogens is 3. The van der Waals surface area contributed by atoms with Crippen molar-refractivity contribution in [3.63, 3.8) is 0 Å². The Labute approximate surface area is 307 Å². The molecule has 0 unspecified atom stereocenters. The lowest BCUT2D eigenvalue weighted by molar-refractivity contribution is -0.120. The van der Waals surface area contributed by atoms with Gasteiger partial charge in [0.05, 0.1) is 10.7 Å². The molecule has 7 rings (SSSR count). The monoisotopic (exact) mass is 718 g/mol. The molecule has 0 radical (unpaired) electrons. The molecule has 12 heteroatoms. The van der Waals surface area contributed by atoms with Gasteiger partial charge in [0.15, 0.2) is 0 Å².